The topological polar surface area (TPSA) is 53.7 Å². The molecule has 1 aromatic heterocycles. The minimum absolute atomic E-state index is 0.669. The Labute approximate surface area is 159 Å². The number of aliphatic imine (C=N–C) groups is 1. The van der Waals surface area contributed by atoms with Gasteiger partial charge < -0.3 is 14.6 Å². The zero-order chi connectivity index (χ0) is 18.6. The van der Waals surface area contributed by atoms with E-state index in [1.54, 1.807) is 6.26 Å². The lowest BCUT2D eigenvalue weighted by Gasteiger charge is -2.22. The van der Waals surface area contributed by atoms with Crippen LogP contribution >= 0.6 is 0 Å². The highest BCUT2D eigenvalue weighted by molar-refractivity contribution is 5.97. The van der Waals surface area contributed by atoms with Gasteiger partial charge >= 0.3 is 0 Å². The highest BCUT2D eigenvalue weighted by atomic mass is 16.3. The number of fused-ring (bicyclic) bond motifs is 1. The van der Waals surface area contributed by atoms with Gasteiger partial charge in [-0.05, 0) is 37.1 Å². The summed E-state index contributed by atoms with van der Waals surface area (Å²) in [5.41, 5.74) is 5.79. The van der Waals surface area contributed by atoms with Crippen molar-refractivity contribution in [1.29, 1.82) is 0 Å². The van der Waals surface area contributed by atoms with Crippen LogP contribution in [-0.4, -0.2) is 31.1 Å². The van der Waals surface area contributed by atoms with Gasteiger partial charge in [-0.15, -0.1) is 0 Å². The van der Waals surface area contributed by atoms with Gasteiger partial charge in [0.1, 0.15) is 6.26 Å². The molecule has 1 aliphatic heterocycles. The Kier molecular flexibility index (Phi) is 4.92. The molecule has 3 aromatic rings. The lowest BCUT2D eigenvalue weighted by atomic mass is 10.1. The molecular formula is C22H24N4O. The molecule has 0 fully saturated rings. The first kappa shape index (κ1) is 17.3. The maximum Gasteiger partial charge on any atom is 0.226 e. The average molecular weight is 360 g/mol. The monoisotopic (exact) mass is 360 g/mol. The van der Waals surface area contributed by atoms with Crippen molar-refractivity contribution < 1.29 is 4.42 Å². The standard InChI is InChI=1S/C22H24N4O/c1-16-7-9-18(10-8-16)21-25-19(15-27-21)11-13-24-22(23-2)26-14-12-17-5-3-4-6-20(17)26/h3-10,15H,11-14H2,1-2H3,(H,23,24). The summed E-state index contributed by atoms with van der Waals surface area (Å²) in [6.07, 6.45) is 3.58. The van der Waals surface area contributed by atoms with E-state index in [0.717, 1.165) is 43.1 Å². The van der Waals surface area contributed by atoms with Crippen LogP contribution in [0.3, 0.4) is 0 Å². The first-order valence-electron chi connectivity index (χ1n) is 9.32. The van der Waals surface area contributed by atoms with E-state index < -0.39 is 0 Å². The number of aryl methyl sites for hydroxylation is 1. The number of anilines is 1. The second kappa shape index (κ2) is 7.66. The van der Waals surface area contributed by atoms with E-state index in [9.17, 15) is 0 Å². The van der Waals surface area contributed by atoms with Crippen molar-refractivity contribution in [2.24, 2.45) is 4.99 Å². The number of rotatable bonds is 4. The highest BCUT2D eigenvalue weighted by Crippen LogP contribution is 2.27. The summed E-state index contributed by atoms with van der Waals surface area (Å²) in [5, 5.41) is 3.45. The number of hydrogen-bond donors (Lipinski definition) is 1. The van der Waals surface area contributed by atoms with Crippen molar-refractivity contribution in [1.82, 2.24) is 10.3 Å². The maximum atomic E-state index is 5.64. The van der Waals surface area contributed by atoms with Crippen LogP contribution < -0.4 is 10.2 Å². The van der Waals surface area contributed by atoms with E-state index in [2.05, 4.69) is 63.5 Å². The highest BCUT2D eigenvalue weighted by Gasteiger charge is 2.22. The predicted octanol–water partition coefficient (Wildman–Crippen LogP) is 3.83. The molecule has 4 rings (SSSR count). The Bertz CT molecular complexity index is 943. The van der Waals surface area contributed by atoms with E-state index in [1.165, 1.54) is 16.8 Å². The minimum atomic E-state index is 0.669. The number of nitrogens with zero attached hydrogens (tertiary/aromatic N) is 3. The summed E-state index contributed by atoms with van der Waals surface area (Å²) in [6, 6.07) is 16.7. The van der Waals surface area contributed by atoms with E-state index in [1.807, 2.05) is 19.2 Å². The average Bonchev–Trinajstić information content (AvgIpc) is 3.33. The fourth-order valence-electron chi connectivity index (χ4n) is 3.41. The third-order valence-electron chi connectivity index (χ3n) is 4.87. The SMILES string of the molecule is CN=C(NCCc1coc(-c2ccc(C)cc2)n1)N1CCc2ccccc21. The first-order chi connectivity index (χ1) is 13.2. The third kappa shape index (κ3) is 3.72. The van der Waals surface area contributed by atoms with Gasteiger partial charge in [-0.25, -0.2) is 4.98 Å². The van der Waals surface area contributed by atoms with Gasteiger partial charge in [0.05, 0.1) is 5.69 Å². The van der Waals surface area contributed by atoms with Crippen LogP contribution in [0.4, 0.5) is 5.69 Å². The molecule has 0 spiro atoms. The van der Waals surface area contributed by atoms with Crippen LogP contribution in [-0.2, 0) is 12.8 Å². The number of guanidine groups is 1. The van der Waals surface area contributed by atoms with Crippen molar-refractivity contribution >= 4 is 11.6 Å². The van der Waals surface area contributed by atoms with Gasteiger partial charge in [0.25, 0.3) is 0 Å². The first-order valence-corrected chi connectivity index (χ1v) is 9.32. The number of benzene rings is 2. The van der Waals surface area contributed by atoms with Crippen molar-refractivity contribution in [3.63, 3.8) is 0 Å². The number of oxazole rings is 1. The van der Waals surface area contributed by atoms with E-state index >= 15 is 0 Å². The van der Waals surface area contributed by atoms with Crippen LogP contribution in [0, 0.1) is 6.92 Å². The summed E-state index contributed by atoms with van der Waals surface area (Å²) in [6.45, 7) is 3.79. The molecule has 27 heavy (non-hydrogen) atoms. The predicted molar refractivity (Wildman–Crippen MR) is 109 cm³/mol. The van der Waals surface area contributed by atoms with Crippen LogP contribution in [0.15, 0.2) is 64.2 Å². The minimum Gasteiger partial charge on any atom is -0.444 e. The number of nitrogens with one attached hydrogen (secondary N) is 1. The normalized spacial score (nSPS) is 13.7. The Hall–Kier alpha value is -3.08. The molecule has 0 saturated heterocycles. The fourth-order valence-corrected chi connectivity index (χ4v) is 3.41. The zero-order valence-corrected chi connectivity index (χ0v) is 15.8. The second-order valence-electron chi connectivity index (χ2n) is 6.76. The quantitative estimate of drug-likeness (QED) is 0.567. The molecule has 0 atom stereocenters. The van der Waals surface area contributed by atoms with Gasteiger partial charge in [0, 0.05) is 37.8 Å². The van der Waals surface area contributed by atoms with Gasteiger partial charge in [0.2, 0.25) is 5.89 Å². The van der Waals surface area contributed by atoms with Crippen LogP contribution in [0.25, 0.3) is 11.5 Å². The molecule has 2 heterocycles. The Balaban J connectivity index is 1.36. The molecule has 5 heteroatoms. The summed E-state index contributed by atoms with van der Waals surface area (Å²) in [5.74, 6) is 1.57. The molecule has 1 aliphatic rings. The number of aromatic nitrogens is 1. The smallest absolute Gasteiger partial charge is 0.226 e. The van der Waals surface area contributed by atoms with Gasteiger partial charge in [0.15, 0.2) is 5.96 Å². The third-order valence-corrected chi connectivity index (χ3v) is 4.87. The number of para-hydroxylation sites is 1. The second-order valence-corrected chi connectivity index (χ2v) is 6.76. The molecule has 1 N–H and O–H groups in total. The summed E-state index contributed by atoms with van der Waals surface area (Å²) >= 11 is 0. The van der Waals surface area contributed by atoms with Crippen molar-refractivity contribution in [3.05, 3.63) is 71.6 Å². The lowest BCUT2D eigenvalue weighted by molar-refractivity contribution is 0.572. The Morgan fingerprint density at radius 2 is 2.00 bits per heavy atom. The molecule has 0 unspecified atom stereocenters. The summed E-state index contributed by atoms with van der Waals surface area (Å²) < 4.78 is 5.64. The maximum absolute atomic E-state index is 5.64. The Morgan fingerprint density at radius 3 is 2.81 bits per heavy atom. The molecule has 0 radical (unpaired) electrons. The van der Waals surface area contributed by atoms with Crippen LogP contribution in [0.5, 0.6) is 0 Å². The lowest BCUT2D eigenvalue weighted by Crippen LogP contribution is -2.41. The molecule has 0 amide bonds. The van der Waals surface area contributed by atoms with Crippen LogP contribution in [0.1, 0.15) is 16.8 Å². The van der Waals surface area contributed by atoms with Crippen molar-refractivity contribution in [3.8, 4) is 11.5 Å². The van der Waals surface area contributed by atoms with Gasteiger partial charge in [-0.3, -0.25) is 4.99 Å². The molecule has 5 nitrogen and oxygen atoms in total. The molecule has 0 saturated carbocycles. The molecule has 0 bridgehead atoms. The zero-order valence-electron chi connectivity index (χ0n) is 15.8. The summed E-state index contributed by atoms with van der Waals surface area (Å²) in [7, 11) is 1.83. The summed E-state index contributed by atoms with van der Waals surface area (Å²) in [4.78, 5) is 11.3. The largest absolute Gasteiger partial charge is 0.444 e. The molecule has 2 aromatic carbocycles. The Morgan fingerprint density at radius 1 is 1.19 bits per heavy atom. The van der Waals surface area contributed by atoms with Crippen molar-refractivity contribution in [2.75, 3.05) is 25.0 Å². The molecular weight excluding hydrogens is 336 g/mol. The van der Waals surface area contributed by atoms with Gasteiger partial charge in [-0.2, -0.15) is 0 Å². The molecule has 0 aliphatic carbocycles. The van der Waals surface area contributed by atoms with E-state index in [0.29, 0.717) is 5.89 Å². The molecule has 138 valence electrons. The fraction of sp³-hybridized carbons (Fsp3) is 0.273. The van der Waals surface area contributed by atoms with E-state index in [-0.39, 0.29) is 0 Å². The van der Waals surface area contributed by atoms with Crippen LogP contribution in [0.2, 0.25) is 0 Å². The number of hydrogen-bond acceptors (Lipinski definition) is 3. The van der Waals surface area contributed by atoms with Gasteiger partial charge in [-0.1, -0.05) is 35.9 Å². The van der Waals surface area contributed by atoms with E-state index in [4.69, 9.17) is 4.42 Å². The van der Waals surface area contributed by atoms with Crippen molar-refractivity contribution in [2.45, 2.75) is 19.8 Å².